The molecule has 0 saturated carbocycles. The van der Waals surface area contributed by atoms with Gasteiger partial charge in [-0.2, -0.15) is 0 Å². The number of rotatable bonds is 5. The molecular weight excluding hydrogens is 348 g/mol. The topological polar surface area (TPSA) is 95.9 Å². The largest absolute Gasteiger partial charge is 0.508 e. The van der Waals surface area contributed by atoms with Crippen molar-refractivity contribution in [1.29, 1.82) is 0 Å². The van der Waals surface area contributed by atoms with E-state index in [-0.39, 0.29) is 17.0 Å². The molecule has 27 heavy (non-hydrogen) atoms. The normalized spacial score (nSPS) is 15.6. The van der Waals surface area contributed by atoms with Crippen LogP contribution in [0.5, 0.6) is 11.5 Å². The lowest BCUT2D eigenvalue weighted by molar-refractivity contribution is -0.122. The van der Waals surface area contributed by atoms with Gasteiger partial charge in [-0.05, 0) is 48.0 Å². The summed E-state index contributed by atoms with van der Waals surface area (Å²) < 4.78 is 5.38. The lowest BCUT2D eigenvalue weighted by atomic mass is 10.1. The molecule has 0 bridgehead atoms. The Balaban J connectivity index is 1.89. The van der Waals surface area contributed by atoms with E-state index in [1.807, 2.05) is 0 Å². The molecule has 4 amide bonds. The average molecular weight is 364 g/mol. The first-order chi connectivity index (χ1) is 13.0. The van der Waals surface area contributed by atoms with E-state index in [0.29, 0.717) is 17.9 Å². The van der Waals surface area contributed by atoms with Crippen LogP contribution >= 0.6 is 0 Å². The SMILES string of the molecule is C=CCOc1ccc(/C=C2\C(=O)NC(=O)N(c3ccc(O)cc3)C2=O)cc1. The highest BCUT2D eigenvalue weighted by Gasteiger charge is 2.36. The van der Waals surface area contributed by atoms with Gasteiger partial charge < -0.3 is 9.84 Å². The summed E-state index contributed by atoms with van der Waals surface area (Å²) in [6.45, 7) is 3.93. The van der Waals surface area contributed by atoms with Crippen LogP contribution in [0, 0.1) is 0 Å². The van der Waals surface area contributed by atoms with Gasteiger partial charge in [-0.15, -0.1) is 0 Å². The van der Waals surface area contributed by atoms with Crippen molar-refractivity contribution in [3.8, 4) is 11.5 Å². The lowest BCUT2D eigenvalue weighted by Gasteiger charge is -2.26. The summed E-state index contributed by atoms with van der Waals surface area (Å²) in [6.07, 6.45) is 3.02. The second-order valence-corrected chi connectivity index (χ2v) is 5.64. The third-order valence-electron chi connectivity index (χ3n) is 3.77. The first-order valence-electron chi connectivity index (χ1n) is 8.04. The Morgan fingerprint density at radius 2 is 1.70 bits per heavy atom. The molecule has 0 aliphatic carbocycles. The summed E-state index contributed by atoms with van der Waals surface area (Å²) >= 11 is 0. The van der Waals surface area contributed by atoms with Gasteiger partial charge in [0.1, 0.15) is 23.7 Å². The van der Waals surface area contributed by atoms with E-state index in [0.717, 1.165) is 4.90 Å². The molecule has 7 nitrogen and oxygen atoms in total. The van der Waals surface area contributed by atoms with E-state index in [4.69, 9.17) is 4.74 Å². The van der Waals surface area contributed by atoms with E-state index >= 15 is 0 Å². The van der Waals surface area contributed by atoms with Gasteiger partial charge in [0.2, 0.25) is 0 Å². The molecule has 1 aliphatic heterocycles. The van der Waals surface area contributed by atoms with Crippen LogP contribution in [0.4, 0.5) is 10.5 Å². The number of ether oxygens (including phenoxy) is 1. The molecule has 1 saturated heterocycles. The first-order valence-corrected chi connectivity index (χ1v) is 8.04. The molecule has 7 heteroatoms. The standard InChI is InChI=1S/C20H16N2O5/c1-2-11-27-16-9-3-13(4-10-16)12-17-18(24)21-20(26)22(19(17)25)14-5-7-15(23)8-6-14/h2-10,12,23H,1,11H2,(H,21,24,26)/b17-12+. The fourth-order valence-corrected chi connectivity index (χ4v) is 2.48. The van der Waals surface area contributed by atoms with E-state index in [1.54, 1.807) is 30.3 Å². The van der Waals surface area contributed by atoms with Gasteiger partial charge in [0, 0.05) is 0 Å². The number of nitrogens with zero attached hydrogens (tertiary/aromatic N) is 1. The zero-order chi connectivity index (χ0) is 19.4. The molecule has 0 spiro atoms. The van der Waals surface area contributed by atoms with Crippen LogP contribution in [-0.4, -0.2) is 29.6 Å². The number of hydrogen-bond donors (Lipinski definition) is 2. The monoisotopic (exact) mass is 364 g/mol. The minimum atomic E-state index is -0.846. The number of nitrogens with one attached hydrogen (secondary N) is 1. The van der Waals surface area contributed by atoms with Crippen molar-refractivity contribution in [1.82, 2.24) is 5.32 Å². The van der Waals surface area contributed by atoms with Crippen molar-refractivity contribution >= 4 is 29.6 Å². The van der Waals surface area contributed by atoms with Gasteiger partial charge >= 0.3 is 6.03 Å². The lowest BCUT2D eigenvalue weighted by Crippen LogP contribution is -2.54. The summed E-state index contributed by atoms with van der Waals surface area (Å²) in [6, 6.07) is 11.4. The molecule has 1 aliphatic rings. The predicted octanol–water partition coefficient (Wildman–Crippen LogP) is 2.62. The Kier molecular flexibility index (Phi) is 5.03. The maximum atomic E-state index is 12.7. The molecule has 2 aromatic rings. The molecule has 136 valence electrons. The number of phenolic OH excluding ortho intramolecular Hbond substituents is 1. The summed E-state index contributed by atoms with van der Waals surface area (Å²) in [5.41, 5.74) is 0.656. The number of phenols is 1. The molecule has 2 N–H and O–H groups in total. The molecule has 2 aromatic carbocycles. The van der Waals surface area contributed by atoms with Gasteiger partial charge in [0.25, 0.3) is 11.8 Å². The fraction of sp³-hybridized carbons (Fsp3) is 0.0500. The Bertz CT molecular complexity index is 930. The Labute approximate surface area is 155 Å². The quantitative estimate of drug-likeness (QED) is 0.483. The summed E-state index contributed by atoms with van der Waals surface area (Å²) in [5, 5.41) is 11.5. The number of urea groups is 1. The molecule has 1 heterocycles. The first kappa shape index (κ1) is 17.9. The van der Waals surface area contributed by atoms with E-state index in [1.165, 1.54) is 30.3 Å². The molecule has 1 fully saturated rings. The molecule has 0 unspecified atom stereocenters. The maximum Gasteiger partial charge on any atom is 0.335 e. The van der Waals surface area contributed by atoms with E-state index in [2.05, 4.69) is 11.9 Å². The summed E-state index contributed by atoms with van der Waals surface area (Å²) in [5.74, 6) is -0.903. The molecule has 0 aromatic heterocycles. The third-order valence-corrected chi connectivity index (χ3v) is 3.77. The number of hydrogen-bond acceptors (Lipinski definition) is 5. The zero-order valence-electron chi connectivity index (χ0n) is 14.2. The van der Waals surface area contributed by atoms with Crippen LogP contribution in [0.2, 0.25) is 0 Å². The highest BCUT2D eigenvalue weighted by atomic mass is 16.5. The molecule has 0 atom stereocenters. The highest BCUT2D eigenvalue weighted by Crippen LogP contribution is 2.24. The minimum absolute atomic E-state index is 0.00535. The number of anilines is 1. The number of carbonyl (C=O) groups excluding carboxylic acids is 3. The van der Waals surface area contributed by atoms with Crippen LogP contribution in [0.1, 0.15) is 5.56 Å². The van der Waals surface area contributed by atoms with Crippen molar-refractivity contribution in [2.24, 2.45) is 0 Å². The molecule has 0 radical (unpaired) electrons. The smallest absolute Gasteiger partial charge is 0.335 e. The minimum Gasteiger partial charge on any atom is -0.508 e. The van der Waals surface area contributed by atoms with Crippen LogP contribution in [-0.2, 0) is 9.59 Å². The molecular formula is C20H16N2O5. The second-order valence-electron chi connectivity index (χ2n) is 5.64. The predicted molar refractivity (Wildman–Crippen MR) is 99.2 cm³/mol. The number of carbonyl (C=O) groups is 3. The summed E-state index contributed by atoms with van der Waals surface area (Å²) in [7, 11) is 0. The van der Waals surface area contributed by atoms with Crippen LogP contribution in [0.3, 0.4) is 0 Å². The Morgan fingerprint density at radius 3 is 2.33 bits per heavy atom. The zero-order valence-corrected chi connectivity index (χ0v) is 14.2. The van der Waals surface area contributed by atoms with Gasteiger partial charge in [0.05, 0.1) is 5.69 Å². The third kappa shape index (κ3) is 3.87. The number of imide groups is 2. The van der Waals surface area contributed by atoms with Crippen LogP contribution in [0.25, 0.3) is 6.08 Å². The average Bonchev–Trinajstić information content (AvgIpc) is 2.66. The number of aromatic hydroxyl groups is 1. The Hall–Kier alpha value is -3.87. The van der Waals surface area contributed by atoms with Gasteiger partial charge in [-0.3, -0.25) is 14.9 Å². The fourth-order valence-electron chi connectivity index (χ4n) is 2.48. The number of barbiturate groups is 1. The van der Waals surface area contributed by atoms with Crippen molar-refractivity contribution < 1.29 is 24.2 Å². The van der Waals surface area contributed by atoms with Crippen LogP contribution < -0.4 is 15.0 Å². The van der Waals surface area contributed by atoms with E-state index < -0.39 is 17.8 Å². The summed E-state index contributed by atoms with van der Waals surface area (Å²) in [4.78, 5) is 37.8. The van der Waals surface area contributed by atoms with E-state index in [9.17, 15) is 19.5 Å². The van der Waals surface area contributed by atoms with Gasteiger partial charge in [-0.25, -0.2) is 9.69 Å². The number of amides is 4. The van der Waals surface area contributed by atoms with Gasteiger partial charge in [-0.1, -0.05) is 24.8 Å². The Morgan fingerprint density at radius 1 is 1.04 bits per heavy atom. The number of benzene rings is 2. The van der Waals surface area contributed by atoms with Crippen LogP contribution in [0.15, 0.2) is 66.8 Å². The van der Waals surface area contributed by atoms with Crippen molar-refractivity contribution in [2.75, 3.05) is 11.5 Å². The maximum absolute atomic E-state index is 12.7. The molecule has 3 rings (SSSR count). The van der Waals surface area contributed by atoms with Crippen molar-refractivity contribution in [3.05, 3.63) is 72.3 Å². The van der Waals surface area contributed by atoms with Gasteiger partial charge in [0.15, 0.2) is 0 Å². The van der Waals surface area contributed by atoms with Crippen molar-refractivity contribution in [3.63, 3.8) is 0 Å². The van der Waals surface area contributed by atoms with Crippen molar-refractivity contribution in [2.45, 2.75) is 0 Å². The highest BCUT2D eigenvalue weighted by molar-refractivity contribution is 6.39. The second kappa shape index (κ2) is 7.57.